The second kappa shape index (κ2) is 7.96. The number of benzene rings is 1. The molecule has 7 nitrogen and oxygen atoms in total. The van der Waals surface area contributed by atoms with Gasteiger partial charge in [-0.1, -0.05) is 0 Å². The molecule has 0 spiro atoms. The van der Waals surface area contributed by atoms with E-state index >= 15 is 0 Å². The van der Waals surface area contributed by atoms with Crippen LogP contribution in [0.4, 0.5) is 10.1 Å². The minimum absolute atomic E-state index is 0.0108. The first-order valence-corrected chi connectivity index (χ1v) is 8.09. The number of rotatable bonds is 5. The predicted molar refractivity (Wildman–Crippen MR) is 91.2 cm³/mol. The minimum Gasteiger partial charge on any atom is -0.370 e. The lowest BCUT2D eigenvalue weighted by Gasteiger charge is -2.42. The van der Waals surface area contributed by atoms with Crippen LogP contribution in [-0.4, -0.2) is 67.3 Å². The molecule has 25 heavy (non-hydrogen) atoms. The first kappa shape index (κ1) is 18.7. The van der Waals surface area contributed by atoms with E-state index in [4.69, 9.17) is 5.73 Å². The molecule has 0 bridgehead atoms. The summed E-state index contributed by atoms with van der Waals surface area (Å²) in [6, 6.07) is 5.37. The second-order valence-electron chi connectivity index (χ2n) is 6.22. The maximum atomic E-state index is 13.1. The minimum atomic E-state index is -0.658. The molecule has 1 aliphatic rings. The standard InChI is InChI=1S/C17H23FN4O3/c1-20(2)17(25)14-11-21(13-5-3-12(18)4-6-13)9-10-22(14)16(24)8-7-15(19)23/h3-6,14H,7-11H2,1-2H3,(H2,19,23). The van der Waals surface area contributed by atoms with Crippen molar-refractivity contribution in [2.75, 3.05) is 38.6 Å². The van der Waals surface area contributed by atoms with Crippen molar-refractivity contribution in [3.8, 4) is 0 Å². The molecule has 1 aromatic rings. The van der Waals surface area contributed by atoms with Crippen LogP contribution in [0.5, 0.6) is 0 Å². The van der Waals surface area contributed by atoms with Crippen molar-refractivity contribution in [3.63, 3.8) is 0 Å². The summed E-state index contributed by atoms with van der Waals surface area (Å²) in [5.41, 5.74) is 5.89. The van der Waals surface area contributed by atoms with Gasteiger partial charge in [-0.05, 0) is 24.3 Å². The van der Waals surface area contributed by atoms with E-state index < -0.39 is 11.9 Å². The van der Waals surface area contributed by atoms with Gasteiger partial charge in [0, 0.05) is 52.3 Å². The smallest absolute Gasteiger partial charge is 0.246 e. The quantitative estimate of drug-likeness (QED) is 0.822. The van der Waals surface area contributed by atoms with Gasteiger partial charge in [0.2, 0.25) is 17.7 Å². The zero-order chi connectivity index (χ0) is 18.6. The fourth-order valence-electron chi connectivity index (χ4n) is 2.85. The molecule has 3 amide bonds. The molecule has 0 aliphatic carbocycles. The zero-order valence-corrected chi connectivity index (χ0v) is 14.4. The number of anilines is 1. The summed E-state index contributed by atoms with van der Waals surface area (Å²) in [5, 5.41) is 0. The number of piperazine rings is 1. The number of nitrogens with zero attached hydrogens (tertiary/aromatic N) is 3. The molecular formula is C17H23FN4O3. The van der Waals surface area contributed by atoms with Gasteiger partial charge in [-0.15, -0.1) is 0 Å². The second-order valence-corrected chi connectivity index (χ2v) is 6.22. The molecule has 0 radical (unpaired) electrons. The molecule has 1 fully saturated rings. The first-order chi connectivity index (χ1) is 11.8. The highest BCUT2D eigenvalue weighted by Gasteiger charge is 2.36. The lowest BCUT2D eigenvalue weighted by atomic mass is 10.1. The van der Waals surface area contributed by atoms with E-state index in [1.807, 2.05) is 4.90 Å². The number of amides is 3. The van der Waals surface area contributed by atoms with Gasteiger partial charge >= 0.3 is 0 Å². The van der Waals surface area contributed by atoms with Crippen LogP contribution in [0.25, 0.3) is 0 Å². The van der Waals surface area contributed by atoms with Gasteiger partial charge < -0.3 is 20.4 Å². The molecule has 1 aromatic carbocycles. The molecule has 1 unspecified atom stereocenters. The maximum absolute atomic E-state index is 13.1. The Bertz CT molecular complexity index is 648. The van der Waals surface area contributed by atoms with E-state index in [0.29, 0.717) is 19.6 Å². The SMILES string of the molecule is CN(C)C(=O)C1CN(c2ccc(F)cc2)CCN1C(=O)CCC(N)=O. The number of primary amides is 1. The number of carbonyl (C=O) groups is 3. The fraction of sp³-hybridized carbons (Fsp3) is 0.471. The zero-order valence-electron chi connectivity index (χ0n) is 14.4. The van der Waals surface area contributed by atoms with E-state index in [0.717, 1.165) is 5.69 Å². The Balaban J connectivity index is 2.16. The maximum Gasteiger partial charge on any atom is 0.246 e. The largest absolute Gasteiger partial charge is 0.370 e. The average Bonchev–Trinajstić information content (AvgIpc) is 2.59. The van der Waals surface area contributed by atoms with Crippen molar-refractivity contribution in [3.05, 3.63) is 30.1 Å². The van der Waals surface area contributed by atoms with Crippen LogP contribution in [0, 0.1) is 5.82 Å². The van der Waals surface area contributed by atoms with Crippen molar-refractivity contribution in [2.45, 2.75) is 18.9 Å². The summed E-state index contributed by atoms with van der Waals surface area (Å²) in [6.45, 7) is 1.18. The van der Waals surface area contributed by atoms with E-state index in [1.165, 1.54) is 21.9 Å². The van der Waals surface area contributed by atoms with E-state index in [1.54, 1.807) is 26.2 Å². The van der Waals surface area contributed by atoms with Gasteiger partial charge in [-0.3, -0.25) is 14.4 Å². The van der Waals surface area contributed by atoms with Crippen LogP contribution in [0.1, 0.15) is 12.8 Å². The van der Waals surface area contributed by atoms with Gasteiger partial charge in [0.1, 0.15) is 11.9 Å². The summed E-state index contributed by atoms with van der Waals surface area (Å²) in [5.74, 6) is -1.34. The summed E-state index contributed by atoms with van der Waals surface area (Å²) >= 11 is 0. The highest BCUT2D eigenvalue weighted by atomic mass is 19.1. The molecule has 1 atom stereocenters. The van der Waals surface area contributed by atoms with Gasteiger partial charge in [0.05, 0.1) is 0 Å². The Hall–Kier alpha value is -2.64. The van der Waals surface area contributed by atoms with E-state index in [9.17, 15) is 18.8 Å². The Kier molecular flexibility index (Phi) is 5.95. The van der Waals surface area contributed by atoms with Crippen molar-refractivity contribution >= 4 is 23.4 Å². The fourth-order valence-corrected chi connectivity index (χ4v) is 2.85. The Labute approximate surface area is 146 Å². The van der Waals surface area contributed by atoms with Crippen LogP contribution in [0.15, 0.2) is 24.3 Å². The third-order valence-electron chi connectivity index (χ3n) is 4.20. The van der Waals surface area contributed by atoms with Crippen molar-refractivity contribution in [2.24, 2.45) is 5.73 Å². The highest BCUT2D eigenvalue weighted by Crippen LogP contribution is 2.21. The Morgan fingerprint density at radius 1 is 1.16 bits per heavy atom. The van der Waals surface area contributed by atoms with Crippen LogP contribution in [0.3, 0.4) is 0 Å². The van der Waals surface area contributed by atoms with Gasteiger partial charge in [-0.2, -0.15) is 0 Å². The number of hydrogen-bond acceptors (Lipinski definition) is 4. The van der Waals surface area contributed by atoms with Gasteiger partial charge in [-0.25, -0.2) is 4.39 Å². The highest BCUT2D eigenvalue weighted by molar-refractivity contribution is 5.90. The molecular weight excluding hydrogens is 327 g/mol. The summed E-state index contributed by atoms with van der Waals surface area (Å²) < 4.78 is 13.1. The normalized spacial score (nSPS) is 17.3. The molecule has 8 heteroatoms. The van der Waals surface area contributed by atoms with Crippen molar-refractivity contribution in [1.29, 1.82) is 0 Å². The third-order valence-corrected chi connectivity index (χ3v) is 4.20. The Morgan fingerprint density at radius 3 is 2.36 bits per heavy atom. The van der Waals surface area contributed by atoms with Gasteiger partial charge in [0.15, 0.2) is 0 Å². The number of likely N-dealkylation sites (N-methyl/N-ethyl adjacent to an activating group) is 1. The number of carbonyl (C=O) groups excluding carboxylic acids is 3. The molecule has 1 saturated heterocycles. The molecule has 1 heterocycles. The van der Waals surface area contributed by atoms with Crippen molar-refractivity contribution < 1.29 is 18.8 Å². The monoisotopic (exact) mass is 350 g/mol. The predicted octanol–water partition coefficient (Wildman–Crippen LogP) is 0.197. The summed E-state index contributed by atoms with van der Waals surface area (Å²) in [4.78, 5) is 40.7. The number of halogens is 1. The van der Waals surface area contributed by atoms with Crippen LogP contribution in [0.2, 0.25) is 0 Å². The topological polar surface area (TPSA) is 87.0 Å². The number of hydrogen-bond donors (Lipinski definition) is 1. The molecule has 1 aliphatic heterocycles. The molecule has 0 saturated carbocycles. The third kappa shape index (κ3) is 4.68. The molecule has 2 rings (SSSR count). The van der Waals surface area contributed by atoms with Crippen LogP contribution >= 0.6 is 0 Å². The summed E-state index contributed by atoms with van der Waals surface area (Å²) in [6.07, 6.45) is -0.0526. The molecule has 0 aromatic heterocycles. The van der Waals surface area contributed by atoms with E-state index in [-0.39, 0.29) is 30.5 Å². The molecule has 136 valence electrons. The van der Waals surface area contributed by atoms with E-state index in [2.05, 4.69) is 0 Å². The lowest BCUT2D eigenvalue weighted by Crippen LogP contribution is -2.60. The number of nitrogens with two attached hydrogens (primary N) is 1. The van der Waals surface area contributed by atoms with Crippen LogP contribution in [-0.2, 0) is 14.4 Å². The lowest BCUT2D eigenvalue weighted by molar-refractivity contribution is -0.145. The first-order valence-electron chi connectivity index (χ1n) is 8.09. The Morgan fingerprint density at radius 2 is 1.80 bits per heavy atom. The summed E-state index contributed by atoms with van der Waals surface area (Å²) in [7, 11) is 3.26. The molecule has 2 N–H and O–H groups in total. The van der Waals surface area contributed by atoms with Crippen molar-refractivity contribution in [1.82, 2.24) is 9.80 Å². The van der Waals surface area contributed by atoms with Gasteiger partial charge in [0.25, 0.3) is 0 Å². The van der Waals surface area contributed by atoms with Crippen LogP contribution < -0.4 is 10.6 Å². The average molecular weight is 350 g/mol.